The lowest BCUT2D eigenvalue weighted by molar-refractivity contribution is 0.169. The predicted molar refractivity (Wildman–Crippen MR) is 96.0 cm³/mol. The molecule has 1 aliphatic rings. The van der Waals surface area contributed by atoms with E-state index in [1.54, 1.807) is 14.1 Å². The highest BCUT2D eigenvalue weighted by Crippen LogP contribution is 2.22. The fourth-order valence-electron chi connectivity index (χ4n) is 3.27. The third kappa shape index (κ3) is 6.15. The Morgan fingerprint density at radius 1 is 1.25 bits per heavy atom. The van der Waals surface area contributed by atoms with Crippen LogP contribution >= 0.6 is 0 Å². The van der Waals surface area contributed by atoms with Gasteiger partial charge in [0.15, 0.2) is 0 Å². The van der Waals surface area contributed by atoms with Gasteiger partial charge in [-0.2, -0.15) is 0 Å². The maximum atomic E-state index is 12.9. The van der Waals surface area contributed by atoms with Crippen molar-refractivity contribution in [2.75, 3.05) is 39.5 Å². The smallest absolute Gasteiger partial charge is 0.213 e. The first kappa shape index (κ1) is 19.3. The van der Waals surface area contributed by atoms with Crippen LogP contribution in [0.15, 0.2) is 24.3 Å². The summed E-state index contributed by atoms with van der Waals surface area (Å²) >= 11 is 0. The fraction of sp³-hybridized carbons (Fsp3) is 0.667. The molecule has 136 valence electrons. The molecule has 1 fully saturated rings. The van der Waals surface area contributed by atoms with E-state index in [2.05, 4.69) is 4.90 Å². The van der Waals surface area contributed by atoms with Crippen LogP contribution in [0.5, 0.6) is 0 Å². The van der Waals surface area contributed by atoms with Crippen molar-refractivity contribution in [1.82, 2.24) is 9.21 Å². The number of aryl methyl sites for hydroxylation is 1. The molecule has 1 aromatic carbocycles. The number of likely N-dealkylation sites (tertiary alicyclic amines) is 1. The summed E-state index contributed by atoms with van der Waals surface area (Å²) in [5.74, 6) is 0.682. The highest BCUT2D eigenvalue weighted by atomic mass is 32.2. The van der Waals surface area contributed by atoms with E-state index in [1.807, 2.05) is 12.1 Å². The van der Waals surface area contributed by atoms with Gasteiger partial charge in [0, 0.05) is 20.6 Å². The molecule has 1 saturated heterocycles. The van der Waals surface area contributed by atoms with Crippen LogP contribution in [-0.2, 0) is 16.4 Å². The van der Waals surface area contributed by atoms with Crippen molar-refractivity contribution in [2.45, 2.75) is 32.1 Å². The minimum Gasteiger partial charge on any atom is -0.303 e. The van der Waals surface area contributed by atoms with Gasteiger partial charge in [0.2, 0.25) is 10.0 Å². The molecule has 0 aliphatic carbocycles. The third-order valence-electron chi connectivity index (χ3n) is 4.79. The topological polar surface area (TPSA) is 40.6 Å². The minimum absolute atomic E-state index is 0.185. The number of hydrogen-bond donors (Lipinski definition) is 0. The largest absolute Gasteiger partial charge is 0.303 e. The van der Waals surface area contributed by atoms with Crippen molar-refractivity contribution in [3.8, 4) is 0 Å². The number of halogens is 1. The second-order valence-electron chi connectivity index (χ2n) is 6.93. The molecule has 1 aliphatic heterocycles. The summed E-state index contributed by atoms with van der Waals surface area (Å²) in [5, 5.41) is 0. The standard InChI is InChI=1S/C18H29FN2O2S/c1-20(2)24(22,23)14-4-13-21-12-3-5-17(15-21)7-6-16-8-10-18(19)11-9-16/h8-11,17H,3-7,12-15H2,1-2H3. The third-order valence-corrected chi connectivity index (χ3v) is 6.71. The van der Waals surface area contributed by atoms with E-state index < -0.39 is 10.0 Å². The first-order chi connectivity index (χ1) is 11.4. The average molecular weight is 357 g/mol. The van der Waals surface area contributed by atoms with Gasteiger partial charge < -0.3 is 4.90 Å². The van der Waals surface area contributed by atoms with Gasteiger partial charge in [-0.3, -0.25) is 0 Å². The quantitative estimate of drug-likeness (QED) is 0.719. The van der Waals surface area contributed by atoms with Crippen LogP contribution in [0.3, 0.4) is 0 Å². The molecule has 0 spiro atoms. The maximum absolute atomic E-state index is 12.9. The molecular formula is C18H29FN2O2S. The molecule has 24 heavy (non-hydrogen) atoms. The van der Waals surface area contributed by atoms with E-state index >= 15 is 0 Å². The van der Waals surface area contributed by atoms with Crippen LogP contribution < -0.4 is 0 Å². The maximum Gasteiger partial charge on any atom is 0.213 e. The molecule has 6 heteroatoms. The Bertz CT molecular complexity index is 602. The van der Waals surface area contributed by atoms with Gasteiger partial charge in [0.05, 0.1) is 5.75 Å². The van der Waals surface area contributed by atoms with Crippen LogP contribution in [0, 0.1) is 11.7 Å². The van der Waals surface area contributed by atoms with Crippen molar-refractivity contribution in [1.29, 1.82) is 0 Å². The molecular weight excluding hydrogens is 327 g/mol. The van der Waals surface area contributed by atoms with Crippen molar-refractivity contribution in [3.63, 3.8) is 0 Å². The van der Waals surface area contributed by atoms with E-state index in [4.69, 9.17) is 0 Å². The highest BCUT2D eigenvalue weighted by Gasteiger charge is 2.20. The highest BCUT2D eigenvalue weighted by molar-refractivity contribution is 7.89. The fourth-order valence-corrected chi connectivity index (χ4v) is 4.12. The second kappa shape index (κ2) is 8.92. The minimum atomic E-state index is -3.09. The molecule has 0 bridgehead atoms. The molecule has 0 amide bonds. The van der Waals surface area contributed by atoms with Gasteiger partial charge in [-0.1, -0.05) is 12.1 Å². The van der Waals surface area contributed by atoms with E-state index in [-0.39, 0.29) is 11.6 Å². The summed E-state index contributed by atoms with van der Waals surface area (Å²) in [7, 11) is 0.0838. The summed E-state index contributed by atoms with van der Waals surface area (Å²) in [4.78, 5) is 2.39. The summed E-state index contributed by atoms with van der Waals surface area (Å²) in [6.07, 6.45) is 5.18. The lowest BCUT2D eigenvalue weighted by atomic mass is 9.91. The molecule has 1 atom stereocenters. The number of benzene rings is 1. The van der Waals surface area contributed by atoms with E-state index in [0.29, 0.717) is 12.3 Å². The molecule has 2 rings (SSSR count). The monoisotopic (exact) mass is 356 g/mol. The second-order valence-corrected chi connectivity index (χ2v) is 9.23. The van der Waals surface area contributed by atoms with Gasteiger partial charge >= 0.3 is 0 Å². The molecule has 0 N–H and O–H groups in total. The Morgan fingerprint density at radius 2 is 1.96 bits per heavy atom. The molecule has 1 aromatic rings. The number of hydrogen-bond acceptors (Lipinski definition) is 3. The normalized spacial score (nSPS) is 19.8. The van der Waals surface area contributed by atoms with Crippen LogP contribution in [0.2, 0.25) is 0 Å². The van der Waals surface area contributed by atoms with Crippen LogP contribution in [0.1, 0.15) is 31.2 Å². The van der Waals surface area contributed by atoms with E-state index in [9.17, 15) is 12.8 Å². The average Bonchev–Trinajstić information content (AvgIpc) is 2.54. The van der Waals surface area contributed by atoms with Crippen molar-refractivity contribution >= 4 is 10.0 Å². The molecule has 0 saturated carbocycles. The zero-order valence-corrected chi connectivity index (χ0v) is 15.6. The van der Waals surface area contributed by atoms with Gasteiger partial charge in [0.1, 0.15) is 5.82 Å². The van der Waals surface area contributed by atoms with Gasteiger partial charge in [-0.15, -0.1) is 0 Å². The summed E-state index contributed by atoms with van der Waals surface area (Å²) < 4.78 is 37.8. The Hall–Kier alpha value is -0.980. The Labute approximate surface area is 145 Å². The van der Waals surface area contributed by atoms with Crippen molar-refractivity contribution in [2.24, 2.45) is 5.92 Å². The lowest BCUT2D eigenvalue weighted by Crippen LogP contribution is -2.37. The predicted octanol–water partition coefficient (Wildman–Crippen LogP) is 2.75. The number of nitrogens with zero attached hydrogens (tertiary/aromatic N) is 2. The summed E-state index contributed by atoms with van der Waals surface area (Å²) in [6, 6.07) is 6.77. The summed E-state index contributed by atoms with van der Waals surface area (Å²) in [6.45, 7) is 2.96. The zero-order chi connectivity index (χ0) is 17.6. The Morgan fingerprint density at radius 3 is 2.62 bits per heavy atom. The van der Waals surface area contributed by atoms with Gasteiger partial charge in [-0.25, -0.2) is 17.1 Å². The number of sulfonamides is 1. The van der Waals surface area contributed by atoms with Crippen LogP contribution in [-0.4, -0.2) is 57.1 Å². The Kier molecular flexibility index (Phi) is 7.19. The van der Waals surface area contributed by atoms with E-state index in [1.165, 1.54) is 34.8 Å². The first-order valence-corrected chi connectivity index (χ1v) is 10.3. The molecule has 0 aromatic heterocycles. The van der Waals surface area contributed by atoms with Crippen LogP contribution in [0.4, 0.5) is 4.39 Å². The van der Waals surface area contributed by atoms with Crippen molar-refractivity contribution < 1.29 is 12.8 Å². The summed E-state index contributed by atoms with van der Waals surface area (Å²) in [5.41, 5.74) is 1.19. The number of rotatable bonds is 8. The van der Waals surface area contributed by atoms with E-state index in [0.717, 1.165) is 32.5 Å². The Balaban J connectivity index is 1.72. The zero-order valence-electron chi connectivity index (χ0n) is 14.7. The SMILES string of the molecule is CN(C)S(=O)(=O)CCCN1CCCC(CCc2ccc(F)cc2)C1. The van der Waals surface area contributed by atoms with Gasteiger partial charge in [-0.05, 0) is 68.8 Å². The van der Waals surface area contributed by atoms with Crippen LogP contribution in [0.25, 0.3) is 0 Å². The molecule has 4 nitrogen and oxygen atoms in total. The number of piperidine rings is 1. The lowest BCUT2D eigenvalue weighted by Gasteiger charge is -2.32. The van der Waals surface area contributed by atoms with Gasteiger partial charge in [0.25, 0.3) is 0 Å². The molecule has 1 heterocycles. The van der Waals surface area contributed by atoms with Crippen molar-refractivity contribution in [3.05, 3.63) is 35.6 Å². The first-order valence-electron chi connectivity index (χ1n) is 8.74. The molecule has 0 radical (unpaired) electrons. The molecule has 1 unspecified atom stereocenters.